The Balaban J connectivity index is 1.60. The lowest BCUT2D eigenvalue weighted by molar-refractivity contribution is 0.303. The summed E-state index contributed by atoms with van der Waals surface area (Å²) in [6, 6.07) is 12.8. The Bertz CT molecular complexity index is 983. The molecule has 6 nitrogen and oxygen atoms in total. The van der Waals surface area contributed by atoms with Crippen molar-refractivity contribution in [2.24, 2.45) is 0 Å². The first-order valence-corrected chi connectivity index (χ1v) is 10.2. The highest BCUT2D eigenvalue weighted by Crippen LogP contribution is 2.45. The normalized spacial score (nSPS) is 14.9. The summed E-state index contributed by atoms with van der Waals surface area (Å²) in [6.07, 6.45) is 6.28. The van der Waals surface area contributed by atoms with E-state index in [-0.39, 0.29) is 11.6 Å². The number of H-pyrrole nitrogens is 1. The third kappa shape index (κ3) is 3.97. The molecular formula is C23H27N3O3. The van der Waals surface area contributed by atoms with Crippen molar-refractivity contribution in [1.82, 2.24) is 4.98 Å². The molecule has 0 saturated carbocycles. The van der Waals surface area contributed by atoms with Crippen molar-refractivity contribution in [1.29, 1.82) is 0 Å². The minimum atomic E-state index is -0.425. The number of aromatic hydroxyl groups is 2. The third-order valence-electron chi connectivity index (χ3n) is 5.26. The van der Waals surface area contributed by atoms with Crippen LogP contribution in [0.1, 0.15) is 49.8 Å². The number of phenolic OH excluding ortho intramolecular Hbond substituents is 1. The Hall–Kier alpha value is -3.28. The van der Waals surface area contributed by atoms with Crippen LogP contribution in [0.15, 0.2) is 48.7 Å². The average molecular weight is 393 g/mol. The quantitative estimate of drug-likeness (QED) is 0.335. The van der Waals surface area contributed by atoms with E-state index in [4.69, 9.17) is 4.74 Å². The lowest BCUT2D eigenvalue weighted by Gasteiger charge is -2.21. The molecule has 0 fully saturated rings. The summed E-state index contributed by atoms with van der Waals surface area (Å²) in [5, 5.41) is 27.9. The summed E-state index contributed by atoms with van der Waals surface area (Å²) in [5.41, 5.74) is 3.88. The molecule has 2 aromatic carbocycles. The number of unbranched alkanes of at least 4 members (excludes halogenated alkanes) is 3. The van der Waals surface area contributed by atoms with Crippen molar-refractivity contribution in [3.8, 4) is 17.4 Å². The fourth-order valence-electron chi connectivity index (χ4n) is 3.72. The highest BCUT2D eigenvalue weighted by Gasteiger charge is 2.29. The SMILES string of the molecule is CCCCCCOc1ccc(C2Nc3ccccc3Nc3c[nH]c(O)c32)c(O)c1. The van der Waals surface area contributed by atoms with Crippen molar-refractivity contribution in [3.05, 3.63) is 59.8 Å². The minimum Gasteiger partial charge on any atom is -0.507 e. The van der Waals surface area contributed by atoms with Gasteiger partial charge in [-0.3, -0.25) is 0 Å². The van der Waals surface area contributed by atoms with E-state index in [0.717, 1.165) is 29.9 Å². The van der Waals surface area contributed by atoms with E-state index in [9.17, 15) is 10.2 Å². The molecule has 0 radical (unpaired) electrons. The summed E-state index contributed by atoms with van der Waals surface area (Å²) in [5.74, 6) is 0.835. The van der Waals surface area contributed by atoms with E-state index in [0.29, 0.717) is 23.5 Å². The van der Waals surface area contributed by atoms with Gasteiger partial charge < -0.3 is 30.6 Å². The number of hydrogen-bond acceptors (Lipinski definition) is 5. The second kappa shape index (κ2) is 8.39. The van der Waals surface area contributed by atoms with Gasteiger partial charge in [-0.2, -0.15) is 0 Å². The van der Waals surface area contributed by atoms with Crippen molar-refractivity contribution in [2.75, 3.05) is 17.2 Å². The van der Waals surface area contributed by atoms with Crippen LogP contribution in [-0.2, 0) is 0 Å². The Morgan fingerprint density at radius 2 is 1.79 bits per heavy atom. The Kier molecular flexibility index (Phi) is 5.51. The molecule has 6 heteroatoms. The van der Waals surface area contributed by atoms with Gasteiger partial charge >= 0.3 is 0 Å². The van der Waals surface area contributed by atoms with Crippen LogP contribution in [0.3, 0.4) is 0 Å². The second-order valence-electron chi connectivity index (χ2n) is 7.34. The van der Waals surface area contributed by atoms with E-state index < -0.39 is 6.04 Å². The molecule has 0 amide bonds. The van der Waals surface area contributed by atoms with Crippen molar-refractivity contribution < 1.29 is 14.9 Å². The monoisotopic (exact) mass is 393 g/mol. The second-order valence-corrected chi connectivity index (χ2v) is 7.34. The molecule has 4 rings (SSSR count). The van der Waals surface area contributed by atoms with E-state index in [1.807, 2.05) is 36.4 Å². The number of aromatic amines is 1. The smallest absolute Gasteiger partial charge is 0.196 e. The molecule has 1 aliphatic heterocycles. The predicted octanol–water partition coefficient (Wildman–Crippen LogP) is 5.64. The number of benzene rings is 2. The fourth-order valence-corrected chi connectivity index (χ4v) is 3.72. The Morgan fingerprint density at radius 1 is 0.966 bits per heavy atom. The topological polar surface area (TPSA) is 89.5 Å². The van der Waals surface area contributed by atoms with Crippen LogP contribution < -0.4 is 15.4 Å². The summed E-state index contributed by atoms with van der Waals surface area (Å²) in [4.78, 5) is 2.86. The molecule has 1 aliphatic rings. The summed E-state index contributed by atoms with van der Waals surface area (Å²) >= 11 is 0. The predicted molar refractivity (Wildman–Crippen MR) is 115 cm³/mol. The number of para-hydroxylation sites is 2. The minimum absolute atomic E-state index is 0.0634. The first kappa shape index (κ1) is 19.1. The van der Waals surface area contributed by atoms with E-state index in [2.05, 4.69) is 22.5 Å². The number of phenols is 1. The lowest BCUT2D eigenvalue weighted by Crippen LogP contribution is -2.11. The highest BCUT2D eigenvalue weighted by molar-refractivity contribution is 5.81. The Labute approximate surface area is 170 Å². The van der Waals surface area contributed by atoms with Crippen LogP contribution in [0.4, 0.5) is 17.1 Å². The van der Waals surface area contributed by atoms with Gasteiger partial charge in [0, 0.05) is 17.8 Å². The van der Waals surface area contributed by atoms with Crippen LogP contribution in [0.5, 0.6) is 17.4 Å². The van der Waals surface area contributed by atoms with Crippen molar-refractivity contribution >= 4 is 17.1 Å². The average Bonchev–Trinajstić information content (AvgIpc) is 2.98. The number of hydrogen-bond donors (Lipinski definition) is 5. The van der Waals surface area contributed by atoms with E-state index in [1.54, 1.807) is 12.3 Å². The lowest BCUT2D eigenvalue weighted by atomic mass is 9.98. The molecule has 5 N–H and O–H groups in total. The number of aromatic nitrogens is 1. The van der Waals surface area contributed by atoms with Gasteiger partial charge in [0.15, 0.2) is 5.88 Å². The Morgan fingerprint density at radius 3 is 2.59 bits per heavy atom. The molecule has 2 heterocycles. The van der Waals surface area contributed by atoms with Crippen LogP contribution in [0.2, 0.25) is 0 Å². The number of ether oxygens (including phenoxy) is 1. The van der Waals surface area contributed by atoms with Crippen LogP contribution in [0, 0.1) is 0 Å². The zero-order chi connectivity index (χ0) is 20.2. The van der Waals surface area contributed by atoms with Gasteiger partial charge in [-0.15, -0.1) is 0 Å². The van der Waals surface area contributed by atoms with Gasteiger partial charge in [0.2, 0.25) is 0 Å². The van der Waals surface area contributed by atoms with Gasteiger partial charge in [-0.05, 0) is 30.7 Å². The molecule has 3 aromatic rings. The number of rotatable bonds is 7. The number of fused-ring (bicyclic) bond motifs is 2. The maximum atomic E-state index is 10.7. The molecule has 1 atom stereocenters. The molecule has 1 unspecified atom stereocenters. The molecule has 1 aromatic heterocycles. The molecule has 0 saturated heterocycles. The molecule has 29 heavy (non-hydrogen) atoms. The summed E-state index contributed by atoms with van der Waals surface area (Å²) in [6.45, 7) is 2.82. The third-order valence-corrected chi connectivity index (χ3v) is 5.26. The first-order valence-electron chi connectivity index (χ1n) is 10.2. The van der Waals surface area contributed by atoms with Crippen LogP contribution in [-0.4, -0.2) is 21.8 Å². The summed E-state index contributed by atoms with van der Waals surface area (Å²) < 4.78 is 5.79. The van der Waals surface area contributed by atoms with Crippen LogP contribution in [0.25, 0.3) is 0 Å². The van der Waals surface area contributed by atoms with Gasteiger partial charge in [0.1, 0.15) is 11.5 Å². The van der Waals surface area contributed by atoms with Gasteiger partial charge in [0.05, 0.1) is 35.3 Å². The van der Waals surface area contributed by atoms with Crippen molar-refractivity contribution in [3.63, 3.8) is 0 Å². The molecular weight excluding hydrogens is 366 g/mol. The fraction of sp³-hybridized carbons (Fsp3) is 0.304. The maximum Gasteiger partial charge on any atom is 0.196 e. The standard InChI is InChI=1S/C23H27N3O3/c1-2-3-4-7-12-29-15-10-11-16(20(27)13-15)22-21-19(14-24-23(21)28)25-17-8-5-6-9-18(17)26-22/h5-6,8-11,13-14,22,24-28H,2-4,7,12H2,1H3. The zero-order valence-electron chi connectivity index (χ0n) is 16.5. The van der Waals surface area contributed by atoms with E-state index in [1.165, 1.54) is 12.8 Å². The van der Waals surface area contributed by atoms with Gasteiger partial charge in [0.25, 0.3) is 0 Å². The largest absolute Gasteiger partial charge is 0.507 e. The summed E-state index contributed by atoms with van der Waals surface area (Å²) in [7, 11) is 0. The molecule has 0 bridgehead atoms. The molecule has 0 spiro atoms. The highest BCUT2D eigenvalue weighted by atomic mass is 16.5. The van der Waals surface area contributed by atoms with Crippen molar-refractivity contribution in [2.45, 2.75) is 38.6 Å². The van der Waals surface area contributed by atoms with Gasteiger partial charge in [-0.25, -0.2) is 0 Å². The first-order chi connectivity index (χ1) is 14.2. The molecule has 0 aliphatic carbocycles. The van der Waals surface area contributed by atoms with Gasteiger partial charge in [-0.1, -0.05) is 38.3 Å². The number of nitrogens with one attached hydrogen (secondary N) is 3. The van der Waals surface area contributed by atoms with Crippen LogP contribution >= 0.6 is 0 Å². The van der Waals surface area contributed by atoms with E-state index >= 15 is 0 Å². The zero-order valence-corrected chi connectivity index (χ0v) is 16.5. The maximum absolute atomic E-state index is 10.7. The molecule has 152 valence electrons. The number of anilines is 3.